The van der Waals surface area contributed by atoms with Gasteiger partial charge in [0.1, 0.15) is 11.6 Å². The summed E-state index contributed by atoms with van der Waals surface area (Å²) in [5.41, 5.74) is 2.22. The fourth-order valence-corrected chi connectivity index (χ4v) is 1.42. The highest BCUT2D eigenvalue weighted by Gasteiger charge is 2.03. The minimum atomic E-state index is -0.205. The van der Waals surface area contributed by atoms with Gasteiger partial charge in [-0.3, -0.25) is 0 Å². The summed E-state index contributed by atoms with van der Waals surface area (Å²) in [6, 6.07) is 8.59. The van der Waals surface area contributed by atoms with E-state index in [9.17, 15) is 4.39 Å². The molecular weight excluding hydrogens is 205 g/mol. The number of aryl methyl sites for hydroxylation is 1. The number of benzene rings is 1. The molecule has 0 aliphatic carbocycles. The lowest BCUT2D eigenvalue weighted by molar-refractivity contribution is 0.618. The molecule has 0 atom stereocenters. The Morgan fingerprint density at radius 3 is 2.50 bits per heavy atom. The standard InChI is InChI=1S/C12H12FN3/c1-8-7-9(3-4-10(8)13)11-5-6-12(14-2)16-15-11/h3-7H,1-2H3,(H,14,16). The van der Waals surface area contributed by atoms with Crippen LogP contribution in [-0.4, -0.2) is 17.2 Å². The Kier molecular flexibility index (Phi) is 2.81. The van der Waals surface area contributed by atoms with Crippen molar-refractivity contribution in [2.75, 3.05) is 12.4 Å². The van der Waals surface area contributed by atoms with Gasteiger partial charge < -0.3 is 5.32 Å². The molecule has 0 saturated carbocycles. The van der Waals surface area contributed by atoms with E-state index in [0.29, 0.717) is 11.4 Å². The summed E-state index contributed by atoms with van der Waals surface area (Å²) in [5.74, 6) is 0.506. The molecule has 0 bridgehead atoms. The van der Waals surface area contributed by atoms with Crippen LogP contribution in [0.25, 0.3) is 11.3 Å². The van der Waals surface area contributed by atoms with Crippen LogP contribution in [0.15, 0.2) is 30.3 Å². The molecule has 0 saturated heterocycles. The maximum absolute atomic E-state index is 13.1. The number of halogens is 1. The lowest BCUT2D eigenvalue weighted by Gasteiger charge is -2.03. The summed E-state index contributed by atoms with van der Waals surface area (Å²) < 4.78 is 13.1. The monoisotopic (exact) mass is 217 g/mol. The first-order chi connectivity index (χ1) is 7.70. The van der Waals surface area contributed by atoms with Gasteiger partial charge in [0.25, 0.3) is 0 Å². The highest BCUT2D eigenvalue weighted by atomic mass is 19.1. The normalized spacial score (nSPS) is 10.2. The fraction of sp³-hybridized carbons (Fsp3) is 0.167. The van der Waals surface area contributed by atoms with Crippen LogP contribution < -0.4 is 5.32 Å². The van der Waals surface area contributed by atoms with E-state index < -0.39 is 0 Å². The second-order valence-electron chi connectivity index (χ2n) is 3.52. The van der Waals surface area contributed by atoms with Crippen molar-refractivity contribution >= 4 is 5.82 Å². The number of nitrogens with one attached hydrogen (secondary N) is 1. The van der Waals surface area contributed by atoms with Crippen molar-refractivity contribution in [1.29, 1.82) is 0 Å². The number of anilines is 1. The Labute approximate surface area is 93.3 Å². The van der Waals surface area contributed by atoms with Crippen molar-refractivity contribution in [3.63, 3.8) is 0 Å². The zero-order chi connectivity index (χ0) is 11.5. The minimum Gasteiger partial charge on any atom is -0.372 e. The van der Waals surface area contributed by atoms with Crippen LogP contribution in [0.5, 0.6) is 0 Å². The van der Waals surface area contributed by atoms with E-state index in [4.69, 9.17) is 0 Å². The quantitative estimate of drug-likeness (QED) is 0.840. The van der Waals surface area contributed by atoms with Crippen molar-refractivity contribution in [3.8, 4) is 11.3 Å². The second kappa shape index (κ2) is 4.26. The molecule has 1 heterocycles. The van der Waals surface area contributed by atoms with Gasteiger partial charge in [0.05, 0.1) is 5.69 Å². The number of hydrogen-bond acceptors (Lipinski definition) is 3. The van der Waals surface area contributed by atoms with Crippen LogP contribution in [0.1, 0.15) is 5.56 Å². The molecule has 0 aliphatic rings. The smallest absolute Gasteiger partial charge is 0.148 e. The third-order valence-corrected chi connectivity index (χ3v) is 2.37. The highest BCUT2D eigenvalue weighted by molar-refractivity contribution is 5.60. The Morgan fingerprint density at radius 1 is 1.12 bits per heavy atom. The fourth-order valence-electron chi connectivity index (χ4n) is 1.42. The van der Waals surface area contributed by atoms with Gasteiger partial charge in [-0.05, 0) is 42.8 Å². The van der Waals surface area contributed by atoms with Gasteiger partial charge in [-0.25, -0.2) is 4.39 Å². The van der Waals surface area contributed by atoms with Gasteiger partial charge in [0, 0.05) is 12.6 Å². The molecule has 0 unspecified atom stereocenters. The molecule has 82 valence electrons. The van der Waals surface area contributed by atoms with Gasteiger partial charge >= 0.3 is 0 Å². The summed E-state index contributed by atoms with van der Waals surface area (Å²) >= 11 is 0. The number of nitrogens with zero attached hydrogens (tertiary/aromatic N) is 2. The van der Waals surface area contributed by atoms with Crippen LogP contribution in [0, 0.1) is 12.7 Å². The van der Waals surface area contributed by atoms with E-state index in [2.05, 4.69) is 15.5 Å². The van der Waals surface area contributed by atoms with Crippen molar-refractivity contribution in [3.05, 3.63) is 41.7 Å². The van der Waals surface area contributed by atoms with Gasteiger partial charge in [-0.1, -0.05) is 0 Å². The van der Waals surface area contributed by atoms with Gasteiger partial charge in [0.2, 0.25) is 0 Å². The number of rotatable bonds is 2. The zero-order valence-electron chi connectivity index (χ0n) is 9.16. The minimum absolute atomic E-state index is 0.205. The molecule has 0 spiro atoms. The average Bonchev–Trinajstić information content (AvgIpc) is 2.33. The number of hydrogen-bond donors (Lipinski definition) is 1. The molecule has 1 N–H and O–H groups in total. The predicted octanol–water partition coefficient (Wildman–Crippen LogP) is 2.63. The van der Waals surface area contributed by atoms with Crippen molar-refractivity contribution in [2.24, 2.45) is 0 Å². The topological polar surface area (TPSA) is 37.8 Å². The van der Waals surface area contributed by atoms with Crippen LogP contribution in [0.4, 0.5) is 10.2 Å². The lowest BCUT2D eigenvalue weighted by Crippen LogP contribution is -1.95. The van der Waals surface area contributed by atoms with Crippen LogP contribution in [-0.2, 0) is 0 Å². The molecular formula is C12H12FN3. The highest BCUT2D eigenvalue weighted by Crippen LogP contribution is 2.19. The van der Waals surface area contributed by atoms with Crippen LogP contribution in [0.2, 0.25) is 0 Å². The molecule has 2 rings (SSSR count). The molecule has 1 aromatic heterocycles. The van der Waals surface area contributed by atoms with E-state index >= 15 is 0 Å². The molecule has 3 nitrogen and oxygen atoms in total. The molecule has 0 radical (unpaired) electrons. The van der Waals surface area contributed by atoms with Crippen LogP contribution >= 0.6 is 0 Å². The molecule has 0 amide bonds. The second-order valence-corrected chi connectivity index (χ2v) is 3.52. The van der Waals surface area contributed by atoms with E-state index in [-0.39, 0.29) is 5.82 Å². The van der Waals surface area contributed by atoms with Crippen molar-refractivity contribution in [1.82, 2.24) is 10.2 Å². The lowest BCUT2D eigenvalue weighted by atomic mass is 10.1. The summed E-state index contributed by atoms with van der Waals surface area (Å²) in [6.07, 6.45) is 0. The molecule has 2 aromatic rings. The summed E-state index contributed by atoms with van der Waals surface area (Å²) in [4.78, 5) is 0. The largest absolute Gasteiger partial charge is 0.372 e. The Balaban J connectivity index is 2.38. The maximum Gasteiger partial charge on any atom is 0.148 e. The molecule has 4 heteroatoms. The average molecular weight is 217 g/mol. The summed E-state index contributed by atoms with van der Waals surface area (Å²) in [6.45, 7) is 1.73. The molecule has 0 aliphatic heterocycles. The van der Waals surface area contributed by atoms with Crippen LogP contribution in [0.3, 0.4) is 0 Å². The van der Waals surface area contributed by atoms with E-state index in [1.54, 1.807) is 26.1 Å². The van der Waals surface area contributed by atoms with Gasteiger partial charge in [-0.2, -0.15) is 0 Å². The Hall–Kier alpha value is -1.97. The van der Waals surface area contributed by atoms with Gasteiger partial charge in [0.15, 0.2) is 0 Å². The maximum atomic E-state index is 13.1. The molecule has 0 fully saturated rings. The third-order valence-electron chi connectivity index (χ3n) is 2.37. The predicted molar refractivity (Wildman–Crippen MR) is 61.7 cm³/mol. The number of aromatic nitrogens is 2. The first-order valence-electron chi connectivity index (χ1n) is 4.98. The Bertz CT molecular complexity index is 494. The molecule has 16 heavy (non-hydrogen) atoms. The summed E-state index contributed by atoms with van der Waals surface area (Å²) in [7, 11) is 1.78. The Morgan fingerprint density at radius 2 is 1.94 bits per heavy atom. The van der Waals surface area contributed by atoms with Crippen molar-refractivity contribution < 1.29 is 4.39 Å². The third kappa shape index (κ3) is 2.00. The van der Waals surface area contributed by atoms with E-state index in [1.165, 1.54) is 6.07 Å². The van der Waals surface area contributed by atoms with Crippen molar-refractivity contribution in [2.45, 2.75) is 6.92 Å². The van der Waals surface area contributed by atoms with E-state index in [1.807, 2.05) is 12.1 Å². The van der Waals surface area contributed by atoms with Gasteiger partial charge in [-0.15, -0.1) is 10.2 Å². The van der Waals surface area contributed by atoms with E-state index in [0.717, 1.165) is 11.3 Å². The summed E-state index contributed by atoms with van der Waals surface area (Å²) in [5, 5.41) is 10.9. The molecule has 1 aromatic carbocycles. The SMILES string of the molecule is CNc1ccc(-c2ccc(F)c(C)c2)nn1. The first kappa shape index (κ1) is 10.5. The first-order valence-corrected chi connectivity index (χ1v) is 4.98. The zero-order valence-corrected chi connectivity index (χ0v) is 9.16.